The van der Waals surface area contributed by atoms with E-state index in [1.54, 1.807) is 16.0 Å². The Morgan fingerprint density at radius 3 is 3.00 bits per heavy atom. The van der Waals surface area contributed by atoms with Crippen LogP contribution in [0.15, 0.2) is 34.4 Å². The van der Waals surface area contributed by atoms with Crippen molar-refractivity contribution in [1.82, 2.24) is 14.8 Å². The van der Waals surface area contributed by atoms with Gasteiger partial charge in [0.05, 0.1) is 11.7 Å². The summed E-state index contributed by atoms with van der Waals surface area (Å²) >= 11 is 1.58. The molecule has 0 aromatic carbocycles. The van der Waals surface area contributed by atoms with Crippen molar-refractivity contribution in [3.8, 4) is 0 Å². The molecule has 2 aromatic rings. The topological polar surface area (TPSA) is 69.0 Å². The summed E-state index contributed by atoms with van der Waals surface area (Å²) in [7, 11) is 0. The standard InChI is InChI=1S/C14H16N4O2S/c1-8(2)20-13(19)11-9(3)17-14-15-7-16-18(14)12(11)10-4-5-21-6-10/h4-8,12H,1-3H3,(H,15,16,17). The van der Waals surface area contributed by atoms with Crippen molar-refractivity contribution in [2.24, 2.45) is 0 Å². The zero-order chi connectivity index (χ0) is 15.0. The van der Waals surface area contributed by atoms with Gasteiger partial charge in [-0.3, -0.25) is 0 Å². The number of esters is 1. The molecule has 0 aliphatic carbocycles. The number of carbonyl (C=O) groups is 1. The Hall–Kier alpha value is -2.15. The van der Waals surface area contributed by atoms with Gasteiger partial charge >= 0.3 is 5.97 Å². The first-order valence-electron chi connectivity index (χ1n) is 6.68. The Bertz CT molecular complexity index is 688. The fourth-order valence-corrected chi connectivity index (χ4v) is 3.05. The lowest BCUT2D eigenvalue weighted by Gasteiger charge is -2.27. The highest BCUT2D eigenvalue weighted by Gasteiger charge is 2.34. The van der Waals surface area contributed by atoms with Crippen molar-refractivity contribution in [1.29, 1.82) is 0 Å². The van der Waals surface area contributed by atoms with Gasteiger partial charge in [0.25, 0.3) is 0 Å². The van der Waals surface area contributed by atoms with Gasteiger partial charge < -0.3 is 10.1 Å². The van der Waals surface area contributed by atoms with Crippen LogP contribution in [0.3, 0.4) is 0 Å². The second-order valence-corrected chi connectivity index (χ2v) is 5.89. The molecule has 3 heterocycles. The molecule has 6 nitrogen and oxygen atoms in total. The van der Waals surface area contributed by atoms with Crippen LogP contribution in [0.5, 0.6) is 0 Å². The van der Waals surface area contributed by atoms with Crippen LogP contribution >= 0.6 is 11.3 Å². The van der Waals surface area contributed by atoms with Gasteiger partial charge in [-0.1, -0.05) is 0 Å². The number of fused-ring (bicyclic) bond motifs is 1. The molecule has 0 bridgehead atoms. The molecular weight excluding hydrogens is 288 g/mol. The Morgan fingerprint density at radius 1 is 1.52 bits per heavy atom. The smallest absolute Gasteiger partial charge is 0.338 e. The predicted molar refractivity (Wildman–Crippen MR) is 80.0 cm³/mol. The zero-order valence-corrected chi connectivity index (χ0v) is 12.8. The minimum Gasteiger partial charge on any atom is -0.459 e. The number of hydrogen-bond donors (Lipinski definition) is 1. The van der Waals surface area contributed by atoms with Crippen LogP contribution in [0, 0.1) is 0 Å². The molecule has 0 spiro atoms. The number of hydrogen-bond acceptors (Lipinski definition) is 6. The van der Waals surface area contributed by atoms with Crippen LogP contribution in [0.1, 0.15) is 32.4 Å². The first kappa shape index (κ1) is 13.8. The summed E-state index contributed by atoms with van der Waals surface area (Å²) in [6.07, 6.45) is 1.31. The second kappa shape index (κ2) is 5.33. The molecule has 0 radical (unpaired) electrons. The molecule has 1 unspecified atom stereocenters. The molecule has 7 heteroatoms. The number of nitrogens with one attached hydrogen (secondary N) is 1. The first-order chi connectivity index (χ1) is 10.1. The SMILES string of the molecule is CC1=C(C(=O)OC(C)C)C(c2ccsc2)n2ncnc2N1. The number of anilines is 1. The van der Waals surface area contributed by atoms with Crippen molar-refractivity contribution < 1.29 is 9.53 Å². The van der Waals surface area contributed by atoms with Gasteiger partial charge in [0, 0.05) is 5.70 Å². The quantitative estimate of drug-likeness (QED) is 0.883. The minimum atomic E-state index is -0.327. The summed E-state index contributed by atoms with van der Waals surface area (Å²) in [5.41, 5.74) is 2.32. The molecule has 0 saturated heterocycles. The average molecular weight is 304 g/mol. The number of thiophene rings is 1. The minimum absolute atomic E-state index is 0.168. The number of aromatic nitrogens is 3. The third kappa shape index (κ3) is 2.44. The van der Waals surface area contributed by atoms with Crippen molar-refractivity contribution in [3.05, 3.63) is 40.0 Å². The average Bonchev–Trinajstić information content (AvgIpc) is 3.06. The van der Waals surface area contributed by atoms with E-state index in [4.69, 9.17) is 4.74 Å². The Morgan fingerprint density at radius 2 is 2.33 bits per heavy atom. The third-order valence-electron chi connectivity index (χ3n) is 3.22. The van der Waals surface area contributed by atoms with E-state index in [0.717, 1.165) is 11.3 Å². The maximum atomic E-state index is 12.5. The maximum absolute atomic E-state index is 12.5. The van der Waals surface area contributed by atoms with Gasteiger partial charge in [-0.25, -0.2) is 9.48 Å². The fourth-order valence-electron chi connectivity index (χ4n) is 2.37. The summed E-state index contributed by atoms with van der Waals surface area (Å²) in [5.74, 6) is 0.303. The Kier molecular flexibility index (Phi) is 3.50. The molecule has 1 N–H and O–H groups in total. The van der Waals surface area contributed by atoms with Crippen molar-refractivity contribution in [3.63, 3.8) is 0 Å². The highest BCUT2D eigenvalue weighted by Crippen LogP contribution is 2.36. The zero-order valence-electron chi connectivity index (χ0n) is 12.0. The number of rotatable bonds is 3. The summed E-state index contributed by atoms with van der Waals surface area (Å²) in [6, 6.07) is 1.68. The van der Waals surface area contributed by atoms with E-state index >= 15 is 0 Å². The summed E-state index contributed by atoms with van der Waals surface area (Å²) in [4.78, 5) is 16.7. The Balaban J connectivity index is 2.08. The molecule has 0 amide bonds. The summed E-state index contributed by atoms with van der Waals surface area (Å²) in [5, 5.41) is 11.3. The lowest BCUT2D eigenvalue weighted by atomic mass is 9.98. The van der Waals surface area contributed by atoms with Crippen LogP contribution in [0.25, 0.3) is 0 Å². The van der Waals surface area contributed by atoms with E-state index in [9.17, 15) is 4.79 Å². The largest absolute Gasteiger partial charge is 0.459 e. The first-order valence-corrected chi connectivity index (χ1v) is 7.62. The summed E-state index contributed by atoms with van der Waals surface area (Å²) < 4.78 is 7.10. The normalized spacial score (nSPS) is 17.6. The van der Waals surface area contributed by atoms with E-state index in [1.807, 2.05) is 37.6 Å². The van der Waals surface area contributed by atoms with Gasteiger partial charge in [-0.2, -0.15) is 21.4 Å². The van der Waals surface area contributed by atoms with Gasteiger partial charge in [-0.15, -0.1) is 0 Å². The lowest BCUT2D eigenvalue weighted by molar-refractivity contribution is -0.143. The molecule has 0 saturated carbocycles. The number of carbonyl (C=O) groups excluding carboxylic acids is 1. The third-order valence-corrected chi connectivity index (χ3v) is 3.92. The number of ether oxygens (including phenoxy) is 1. The van der Waals surface area contributed by atoms with E-state index in [0.29, 0.717) is 11.5 Å². The molecule has 2 aromatic heterocycles. The van der Waals surface area contributed by atoms with Gasteiger partial charge in [0.15, 0.2) is 0 Å². The molecule has 3 rings (SSSR count). The molecule has 0 fully saturated rings. The molecular formula is C14H16N4O2S. The Labute approximate surface area is 126 Å². The number of nitrogens with zero attached hydrogens (tertiary/aromatic N) is 3. The molecule has 21 heavy (non-hydrogen) atoms. The van der Waals surface area contributed by atoms with E-state index < -0.39 is 0 Å². The molecule has 110 valence electrons. The molecule has 1 aliphatic heterocycles. The van der Waals surface area contributed by atoms with Gasteiger partial charge in [-0.05, 0) is 43.2 Å². The van der Waals surface area contributed by atoms with E-state index in [2.05, 4.69) is 15.4 Å². The summed E-state index contributed by atoms with van der Waals surface area (Å²) in [6.45, 7) is 5.53. The van der Waals surface area contributed by atoms with Crippen molar-refractivity contribution >= 4 is 23.3 Å². The van der Waals surface area contributed by atoms with Crippen LogP contribution < -0.4 is 5.32 Å². The van der Waals surface area contributed by atoms with Crippen molar-refractivity contribution in [2.45, 2.75) is 32.9 Å². The van der Waals surface area contributed by atoms with Crippen molar-refractivity contribution in [2.75, 3.05) is 5.32 Å². The monoisotopic (exact) mass is 304 g/mol. The van der Waals surface area contributed by atoms with Crippen LogP contribution in [0.2, 0.25) is 0 Å². The van der Waals surface area contributed by atoms with Crippen LogP contribution in [-0.4, -0.2) is 26.8 Å². The van der Waals surface area contributed by atoms with Gasteiger partial charge in [0.2, 0.25) is 5.95 Å². The van der Waals surface area contributed by atoms with Crippen LogP contribution in [0.4, 0.5) is 5.95 Å². The van der Waals surface area contributed by atoms with E-state index in [1.165, 1.54) is 6.33 Å². The van der Waals surface area contributed by atoms with Crippen LogP contribution in [-0.2, 0) is 9.53 Å². The highest BCUT2D eigenvalue weighted by molar-refractivity contribution is 7.08. The maximum Gasteiger partial charge on any atom is 0.338 e. The highest BCUT2D eigenvalue weighted by atomic mass is 32.1. The van der Waals surface area contributed by atoms with Gasteiger partial charge in [0.1, 0.15) is 12.4 Å². The number of allylic oxidation sites excluding steroid dienone is 1. The fraction of sp³-hybridized carbons (Fsp3) is 0.357. The van der Waals surface area contributed by atoms with E-state index in [-0.39, 0.29) is 18.1 Å². The molecule has 1 atom stereocenters. The predicted octanol–water partition coefficient (Wildman–Crippen LogP) is 2.58. The second-order valence-electron chi connectivity index (χ2n) is 5.11. The molecule has 1 aliphatic rings. The lowest BCUT2D eigenvalue weighted by Crippen LogP contribution is -2.30.